The first kappa shape index (κ1) is 8.97. The third-order valence-corrected chi connectivity index (χ3v) is 3.06. The summed E-state index contributed by atoms with van der Waals surface area (Å²) in [5.41, 5.74) is 0. The predicted octanol–water partition coefficient (Wildman–Crippen LogP) is -0.765. The van der Waals surface area contributed by atoms with Crippen LogP contribution in [0.3, 0.4) is 0 Å². The van der Waals surface area contributed by atoms with Gasteiger partial charge in [-0.25, -0.2) is 0 Å². The van der Waals surface area contributed by atoms with E-state index < -0.39 is 6.10 Å². The van der Waals surface area contributed by atoms with Gasteiger partial charge in [0.05, 0.1) is 0 Å². The molecule has 2 atom stereocenters. The van der Waals surface area contributed by atoms with Crippen LogP contribution in [-0.2, 0) is 4.79 Å². The van der Waals surface area contributed by atoms with Crippen LogP contribution in [0.4, 0.5) is 0 Å². The van der Waals surface area contributed by atoms with Crippen LogP contribution >= 0.6 is 0 Å². The van der Waals surface area contributed by atoms with Gasteiger partial charge in [-0.2, -0.15) is 0 Å². The average molecular weight is 184 g/mol. The molecule has 2 heterocycles. The Morgan fingerprint density at radius 3 is 2.54 bits per heavy atom. The van der Waals surface area contributed by atoms with Crippen LogP contribution in [0, 0.1) is 5.92 Å². The van der Waals surface area contributed by atoms with Gasteiger partial charge in [0, 0.05) is 12.5 Å². The quantitative estimate of drug-likeness (QED) is 0.502. The van der Waals surface area contributed by atoms with Crippen molar-refractivity contribution >= 4 is 5.91 Å². The minimum atomic E-state index is -0.764. The average Bonchev–Trinajstić information content (AvgIpc) is 2.49. The largest absolute Gasteiger partial charge is 0.383 e. The number of hydrogen-bond donors (Lipinski definition) is 3. The second-order valence-corrected chi connectivity index (χ2v) is 3.95. The molecule has 2 aliphatic heterocycles. The number of piperidine rings is 1. The zero-order chi connectivity index (χ0) is 9.26. The van der Waals surface area contributed by atoms with Gasteiger partial charge in [-0.05, 0) is 31.8 Å². The molecular formula is C9H16N2O2. The topological polar surface area (TPSA) is 61.4 Å². The lowest BCUT2D eigenvalue weighted by Crippen LogP contribution is -2.39. The Morgan fingerprint density at radius 1 is 1.31 bits per heavy atom. The monoisotopic (exact) mass is 184 g/mol. The van der Waals surface area contributed by atoms with Gasteiger partial charge in [0.15, 0.2) is 0 Å². The van der Waals surface area contributed by atoms with Crippen molar-refractivity contribution in [3.63, 3.8) is 0 Å². The van der Waals surface area contributed by atoms with Crippen LogP contribution in [-0.4, -0.2) is 36.2 Å². The Hall–Kier alpha value is -0.610. The van der Waals surface area contributed by atoms with Crippen molar-refractivity contribution in [3.8, 4) is 0 Å². The number of hydrogen-bond acceptors (Lipinski definition) is 3. The molecule has 0 aromatic rings. The van der Waals surface area contributed by atoms with Crippen LogP contribution < -0.4 is 10.6 Å². The molecule has 1 amide bonds. The summed E-state index contributed by atoms with van der Waals surface area (Å²) in [5.74, 6) is 0.367. The normalized spacial score (nSPS) is 36.2. The number of amides is 1. The molecule has 13 heavy (non-hydrogen) atoms. The van der Waals surface area contributed by atoms with E-state index in [0.717, 1.165) is 25.9 Å². The van der Waals surface area contributed by atoms with Crippen molar-refractivity contribution in [1.29, 1.82) is 0 Å². The van der Waals surface area contributed by atoms with Gasteiger partial charge in [0.25, 0.3) is 0 Å². The highest BCUT2D eigenvalue weighted by Crippen LogP contribution is 2.23. The van der Waals surface area contributed by atoms with E-state index in [9.17, 15) is 9.90 Å². The fourth-order valence-corrected chi connectivity index (χ4v) is 2.24. The molecule has 4 nitrogen and oxygen atoms in total. The van der Waals surface area contributed by atoms with Crippen molar-refractivity contribution in [2.45, 2.75) is 31.4 Å². The third-order valence-electron chi connectivity index (χ3n) is 3.06. The highest BCUT2D eigenvalue weighted by molar-refractivity contribution is 5.83. The van der Waals surface area contributed by atoms with Crippen molar-refractivity contribution in [1.82, 2.24) is 10.6 Å². The number of carbonyl (C=O) groups is 1. The Morgan fingerprint density at radius 2 is 2.00 bits per heavy atom. The minimum absolute atomic E-state index is 0.191. The van der Waals surface area contributed by atoms with Crippen molar-refractivity contribution in [2.24, 2.45) is 5.92 Å². The molecule has 0 spiro atoms. The van der Waals surface area contributed by atoms with E-state index in [2.05, 4.69) is 10.6 Å². The molecule has 4 heteroatoms. The number of rotatable bonds is 1. The molecule has 3 N–H and O–H groups in total. The molecule has 2 fully saturated rings. The molecule has 0 saturated carbocycles. The number of nitrogens with one attached hydrogen (secondary N) is 2. The molecule has 0 radical (unpaired) electrons. The summed E-state index contributed by atoms with van der Waals surface area (Å²) >= 11 is 0. The maximum Gasteiger partial charge on any atom is 0.249 e. The lowest BCUT2D eigenvalue weighted by atomic mass is 9.89. The van der Waals surface area contributed by atoms with E-state index >= 15 is 0 Å². The standard InChI is InChI=1S/C9H16N2O2/c12-8-5-7(11-9(8)13)6-1-3-10-4-2-6/h6-8,10,12H,1-5H2,(H,11,13). The van der Waals surface area contributed by atoms with E-state index in [1.165, 1.54) is 0 Å². The number of aliphatic hydroxyl groups excluding tert-OH is 1. The second-order valence-electron chi connectivity index (χ2n) is 3.95. The lowest BCUT2D eigenvalue weighted by Gasteiger charge is -2.27. The van der Waals surface area contributed by atoms with Crippen LogP contribution in [0.5, 0.6) is 0 Å². The smallest absolute Gasteiger partial charge is 0.249 e. The van der Waals surface area contributed by atoms with Gasteiger partial charge >= 0.3 is 0 Å². The maximum atomic E-state index is 11.1. The molecule has 0 aromatic carbocycles. The molecule has 74 valence electrons. The van der Waals surface area contributed by atoms with Crippen molar-refractivity contribution in [3.05, 3.63) is 0 Å². The van der Waals surface area contributed by atoms with Crippen molar-refractivity contribution in [2.75, 3.05) is 13.1 Å². The van der Waals surface area contributed by atoms with E-state index in [1.807, 2.05) is 0 Å². The van der Waals surface area contributed by atoms with Gasteiger partial charge in [-0.1, -0.05) is 0 Å². The Balaban J connectivity index is 1.90. The molecule has 0 aromatic heterocycles. The predicted molar refractivity (Wildman–Crippen MR) is 48.1 cm³/mol. The van der Waals surface area contributed by atoms with Crippen LogP contribution in [0.15, 0.2) is 0 Å². The molecule has 2 rings (SSSR count). The summed E-state index contributed by atoms with van der Waals surface area (Å²) in [6, 6.07) is 0.213. The van der Waals surface area contributed by atoms with E-state index in [4.69, 9.17) is 0 Å². The molecule has 0 bridgehead atoms. The van der Waals surface area contributed by atoms with E-state index in [0.29, 0.717) is 12.3 Å². The second kappa shape index (κ2) is 3.64. The SMILES string of the molecule is O=C1NC(C2CCNCC2)CC1O. The first-order chi connectivity index (χ1) is 6.27. The van der Waals surface area contributed by atoms with Gasteiger partial charge in [-0.3, -0.25) is 4.79 Å². The van der Waals surface area contributed by atoms with Crippen molar-refractivity contribution < 1.29 is 9.90 Å². The third kappa shape index (κ3) is 1.84. The van der Waals surface area contributed by atoms with E-state index in [-0.39, 0.29) is 11.9 Å². The number of aliphatic hydroxyl groups is 1. The lowest BCUT2D eigenvalue weighted by molar-refractivity contribution is -0.126. The fourth-order valence-electron chi connectivity index (χ4n) is 2.24. The summed E-state index contributed by atoms with van der Waals surface area (Å²) in [7, 11) is 0. The van der Waals surface area contributed by atoms with Crippen LogP contribution in [0.1, 0.15) is 19.3 Å². The first-order valence-electron chi connectivity index (χ1n) is 4.96. The van der Waals surface area contributed by atoms with E-state index in [1.54, 1.807) is 0 Å². The zero-order valence-electron chi connectivity index (χ0n) is 7.62. The summed E-state index contributed by atoms with van der Waals surface area (Å²) in [5, 5.41) is 15.4. The highest BCUT2D eigenvalue weighted by atomic mass is 16.3. The van der Waals surface area contributed by atoms with Gasteiger partial charge in [0.1, 0.15) is 6.10 Å². The summed E-state index contributed by atoms with van der Waals surface area (Å²) in [4.78, 5) is 11.1. The molecular weight excluding hydrogens is 168 g/mol. The molecule has 0 aliphatic carbocycles. The maximum absolute atomic E-state index is 11.1. The van der Waals surface area contributed by atoms with Crippen LogP contribution in [0.25, 0.3) is 0 Å². The highest BCUT2D eigenvalue weighted by Gasteiger charge is 2.35. The fraction of sp³-hybridized carbons (Fsp3) is 0.889. The minimum Gasteiger partial charge on any atom is -0.383 e. The molecule has 2 unspecified atom stereocenters. The number of carbonyl (C=O) groups excluding carboxylic acids is 1. The summed E-state index contributed by atoms with van der Waals surface area (Å²) in [6.45, 7) is 2.07. The first-order valence-corrected chi connectivity index (χ1v) is 4.96. The Labute approximate surface area is 77.7 Å². The zero-order valence-corrected chi connectivity index (χ0v) is 7.62. The van der Waals surface area contributed by atoms with Gasteiger partial charge < -0.3 is 15.7 Å². The molecule has 2 saturated heterocycles. The Bertz CT molecular complexity index is 202. The Kier molecular flexibility index (Phi) is 2.51. The summed E-state index contributed by atoms with van der Waals surface area (Å²) in [6.07, 6.45) is 2.05. The molecule has 2 aliphatic rings. The summed E-state index contributed by atoms with van der Waals surface area (Å²) < 4.78 is 0. The van der Waals surface area contributed by atoms with Crippen LogP contribution in [0.2, 0.25) is 0 Å². The van der Waals surface area contributed by atoms with Gasteiger partial charge in [-0.15, -0.1) is 0 Å². The van der Waals surface area contributed by atoms with Gasteiger partial charge in [0.2, 0.25) is 5.91 Å².